The Bertz CT molecular complexity index is 645. The molecule has 1 fully saturated rings. The number of hydrogen-bond acceptors (Lipinski definition) is 4. The third kappa shape index (κ3) is 6.84. The van der Waals surface area contributed by atoms with E-state index in [2.05, 4.69) is 5.32 Å². The largest absolute Gasteiger partial charge is 0.478 e. The highest BCUT2D eigenvalue weighted by atomic mass is 31.2. The molecule has 1 aromatic carbocycles. The molecule has 0 saturated heterocycles. The Balaban J connectivity index is 1.81. The number of benzene rings is 1. The van der Waals surface area contributed by atoms with Crippen molar-refractivity contribution in [2.75, 3.05) is 18.9 Å². The Labute approximate surface area is 155 Å². The minimum Gasteiger partial charge on any atom is -0.478 e. The Morgan fingerprint density at radius 2 is 2.00 bits per heavy atom. The standard InChI is InChI=1S/C19H30NO5P/c1-14(16-8-5-9-17(10-16)19(22)23)20-11-18(21)13-26(24,25)12-15-6-3-2-4-7-15/h5,8-10,14-15,18,20-21H,2-4,6-7,11-13H2,1H3,(H,22,23)(H,24,25)/t14-,18+/m0/s1. The highest BCUT2D eigenvalue weighted by Crippen LogP contribution is 2.45. The number of carboxylic acid groups (broad SMARTS) is 1. The van der Waals surface area contributed by atoms with E-state index in [0.717, 1.165) is 31.2 Å². The highest BCUT2D eigenvalue weighted by Gasteiger charge is 2.28. The topological polar surface area (TPSA) is 107 Å². The lowest BCUT2D eigenvalue weighted by atomic mass is 9.91. The predicted octanol–water partition coefficient (Wildman–Crippen LogP) is 3.25. The number of aliphatic hydroxyl groups excluding tert-OH is 1. The number of carbonyl (C=O) groups is 1. The van der Waals surface area contributed by atoms with E-state index in [1.165, 1.54) is 12.5 Å². The van der Waals surface area contributed by atoms with Crippen LogP contribution in [0.3, 0.4) is 0 Å². The first-order valence-corrected chi connectivity index (χ1v) is 11.4. The van der Waals surface area contributed by atoms with Crippen molar-refractivity contribution in [3.8, 4) is 0 Å². The molecule has 6 nitrogen and oxygen atoms in total. The second-order valence-electron chi connectivity index (χ2n) is 7.43. The molecule has 7 heteroatoms. The maximum atomic E-state index is 12.4. The fourth-order valence-electron chi connectivity index (χ4n) is 3.61. The van der Waals surface area contributed by atoms with Gasteiger partial charge in [0.05, 0.1) is 17.8 Å². The molecule has 0 radical (unpaired) electrons. The van der Waals surface area contributed by atoms with E-state index in [-0.39, 0.29) is 24.3 Å². The molecular weight excluding hydrogens is 353 g/mol. The summed E-state index contributed by atoms with van der Waals surface area (Å²) in [6.45, 7) is 2.06. The molecule has 1 saturated carbocycles. The van der Waals surface area contributed by atoms with E-state index >= 15 is 0 Å². The van der Waals surface area contributed by atoms with Gasteiger partial charge in [-0.25, -0.2) is 4.79 Å². The minimum atomic E-state index is -3.34. The van der Waals surface area contributed by atoms with Gasteiger partial charge >= 0.3 is 5.97 Å². The van der Waals surface area contributed by atoms with Crippen molar-refractivity contribution in [1.82, 2.24) is 5.32 Å². The van der Waals surface area contributed by atoms with Crippen LogP contribution in [-0.4, -0.2) is 46.0 Å². The van der Waals surface area contributed by atoms with Crippen LogP contribution in [0.25, 0.3) is 0 Å². The van der Waals surface area contributed by atoms with E-state index in [0.29, 0.717) is 12.1 Å². The van der Waals surface area contributed by atoms with Gasteiger partial charge in [-0.3, -0.25) is 4.57 Å². The van der Waals surface area contributed by atoms with Crippen molar-refractivity contribution in [2.24, 2.45) is 5.92 Å². The Hall–Kier alpha value is -1.20. The van der Waals surface area contributed by atoms with Gasteiger partial charge in [-0.2, -0.15) is 0 Å². The van der Waals surface area contributed by atoms with E-state index in [1.807, 2.05) is 13.0 Å². The van der Waals surface area contributed by atoms with Gasteiger partial charge in [0.2, 0.25) is 7.37 Å². The van der Waals surface area contributed by atoms with Crippen LogP contribution < -0.4 is 5.32 Å². The van der Waals surface area contributed by atoms with E-state index < -0.39 is 19.4 Å². The Morgan fingerprint density at radius 3 is 2.65 bits per heavy atom. The summed E-state index contributed by atoms with van der Waals surface area (Å²) in [5, 5.41) is 22.3. The molecule has 0 bridgehead atoms. The van der Waals surface area contributed by atoms with Crippen molar-refractivity contribution >= 4 is 13.3 Å². The van der Waals surface area contributed by atoms with Crippen molar-refractivity contribution < 1.29 is 24.5 Å². The first kappa shape index (κ1) is 21.1. The fraction of sp³-hybridized carbons (Fsp3) is 0.632. The molecule has 1 unspecified atom stereocenters. The molecule has 0 heterocycles. The Morgan fingerprint density at radius 1 is 1.31 bits per heavy atom. The number of nitrogens with one attached hydrogen (secondary N) is 1. The van der Waals surface area contributed by atoms with Gasteiger partial charge in [0, 0.05) is 18.7 Å². The van der Waals surface area contributed by atoms with Crippen LogP contribution in [0.1, 0.15) is 61.0 Å². The molecule has 0 aliphatic heterocycles. The molecule has 1 aliphatic carbocycles. The molecule has 1 aromatic rings. The monoisotopic (exact) mass is 383 g/mol. The molecule has 3 atom stereocenters. The van der Waals surface area contributed by atoms with Crippen LogP contribution in [0.4, 0.5) is 0 Å². The summed E-state index contributed by atoms with van der Waals surface area (Å²) in [6.07, 6.45) is 4.78. The summed E-state index contributed by atoms with van der Waals surface area (Å²) in [6, 6.07) is 6.45. The van der Waals surface area contributed by atoms with Gasteiger partial charge in [0.15, 0.2) is 0 Å². The summed E-state index contributed by atoms with van der Waals surface area (Å²) in [4.78, 5) is 21.3. The molecule has 4 N–H and O–H groups in total. The lowest BCUT2D eigenvalue weighted by Gasteiger charge is -2.25. The zero-order valence-electron chi connectivity index (χ0n) is 15.3. The summed E-state index contributed by atoms with van der Waals surface area (Å²) >= 11 is 0. The number of hydrogen-bond donors (Lipinski definition) is 4. The zero-order valence-corrected chi connectivity index (χ0v) is 16.2. The van der Waals surface area contributed by atoms with Gasteiger partial charge in [0.1, 0.15) is 0 Å². The zero-order chi connectivity index (χ0) is 19.2. The molecule has 0 amide bonds. The van der Waals surface area contributed by atoms with Crippen LogP contribution >= 0.6 is 7.37 Å². The number of aliphatic hydroxyl groups is 1. The van der Waals surface area contributed by atoms with Crippen LogP contribution in [0.2, 0.25) is 0 Å². The van der Waals surface area contributed by atoms with E-state index in [1.54, 1.807) is 12.1 Å². The summed E-state index contributed by atoms with van der Waals surface area (Å²) in [5.41, 5.74) is 1.01. The molecule has 26 heavy (non-hydrogen) atoms. The summed E-state index contributed by atoms with van der Waals surface area (Å²) in [7, 11) is -3.34. The van der Waals surface area contributed by atoms with E-state index in [9.17, 15) is 19.4 Å². The molecule has 1 aliphatic rings. The predicted molar refractivity (Wildman–Crippen MR) is 102 cm³/mol. The van der Waals surface area contributed by atoms with Crippen molar-refractivity contribution in [3.63, 3.8) is 0 Å². The van der Waals surface area contributed by atoms with Gasteiger partial charge < -0.3 is 20.4 Å². The fourth-order valence-corrected chi connectivity index (χ4v) is 5.72. The average molecular weight is 383 g/mol. The summed E-state index contributed by atoms with van der Waals surface area (Å²) < 4.78 is 12.4. The SMILES string of the molecule is C[C@H](NC[C@@H](O)CP(=O)(O)CC1CCCCC1)c1cccc(C(=O)O)c1. The first-order chi connectivity index (χ1) is 12.3. The van der Waals surface area contributed by atoms with Crippen LogP contribution in [0, 0.1) is 5.92 Å². The number of aromatic carboxylic acids is 1. The summed E-state index contributed by atoms with van der Waals surface area (Å²) in [5.74, 6) is -0.680. The molecule has 0 aromatic heterocycles. The maximum absolute atomic E-state index is 12.4. The second kappa shape index (κ2) is 9.65. The van der Waals surface area contributed by atoms with Crippen molar-refractivity contribution in [2.45, 2.75) is 51.2 Å². The first-order valence-electron chi connectivity index (χ1n) is 9.32. The normalized spacial score (nSPS) is 20.3. The minimum absolute atomic E-state index is 0.0988. The van der Waals surface area contributed by atoms with E-state index in [4.69, 9.17) is 5.11 Å². The van der Waals surface area contributed by atoms with Crippen LogP contribution in [-0.2, 0) is 4.57 Å². The molecule has 146 valence electrons. The van der Waals surface area contributed by atoms with Crippen LogP contribution in [0.5, 0.6) is 0 Å². The van der Waals surface area contributed by atoms with Crippen molar-refractivity contribution in [3.05, 3.63) is 35.4 Å². The lowest BCUT2D eigenvalue weighted by molar-refractivity contribution is 0.0696. The lowest BCUT2D eigenvalue weighted by Crippen LogP contribution is -2.32. The maximum Gasteiger partial charge on any atom is 0.335 e. The molecular formula is C19H30NO5P. The van der Waals surface area contributed by atoms with Gasteiger partial charge in [-0.1, -0.05) is 31.4 Å². The third-order valence-electron chi connectivity index (χ3n) is 5.06. The third-order valence-corrected chi connectivity index (χ3v) is 7.14. The number of rotatable bonds is 9. The number of carboxylic acids is 1. The van der Waals surface area contributed by atoms with Crippen LogP contribution in [0.15, 0.2) is 24.3 Å². The quantitative estimate of drug-likeness (QED) is 0.488. The second-order valence-corrected chi connectivity index (χ2v) is 9.85. The Kier molecular flexibility index (Phi) is 7.84. The highest BCUT2D eigenvalue weighted by molar-refractivity contribution is 7.58. The average Bonchev–Trinajstić information content (AvgIpc) is 2.59. The van der Waals surface area contributed by atoms with Gasteiger partial charge in [-0.05, 0) is 43.4 Å². The molecule has 0 spiro atoms. The van der Waals surface area contributed by atoms with Gasteiger partial charge in [-0.15, -0.1) is 0 Å². The smallest absolute Gasteiger partial charge is 0.335 e. The molecule has 2 rings (SSSR count). The van der Waals surface area contributed by atoms with Crippen molar-refractivity contribution in [1.29, 1.82) is 0 Å². The van der Waals surface area contributed by atoms with Gasteiger partial charge in [0.25, 0.3) is 0 Å².